The summed E-state index contributed by atoms with van der Waals surface area (Å²) < 4.78 is 5.68. The number of rotatable bonds is 4. The van der Waals surface area contributed by atoms with Crippen LogP contribution >= 0.6 is 0 Å². The maximum atomic E-state index is 11.8. The van der Waals surface area contributed by atoms with Crippen LogP contribution in [0.2, 0.25) is 0 Å². The molecule has 4 heteroatoms. The number of amides is 1. The lowest BCUT2D eigenvalue weighted by Crippen LogP contribution is -2.16. The monoisotopic (exact) mass is 248 g/mol. The van der Waals surface area contributed by atoms with Crippen LogP contribution in [-0.4, -0.2) is 18.1 Å². The molecule has 0 saturated carbocycles. The smallest absolute Gasteiger partial charge is 0.224 e. The third-order valence-corrected chi connectivity index (χ3v) is 3.25. The highest BCUT2D eigenvalue weighted by Gasteiger charge is 2.22. The van der Waals surface area contributed by atoms with E-state index in [1.807, 2.05) is 12.1 Å². The molecule has 2 unspecified atom stereocenters. The van der Waals surface area contributed by atoms with Gasteiger partial charge in [-0.1, -0.05) is 12.1 Å². The highest BCUT2D eigenvalue weighted by molar-refractivity contribution is 5.93. The number of benzene rings is 1. The molecule has 2 atom stereocenters. The predicted octanol–water partition coefficient (Wildman–Crippen LogP) is 2.55. The molecule has 1 aliphatic heterocycles. The zero-order chi connectivity index (χ0) is 13.0. The first-order valence-corrected chi connectivity index (χ1v) is 6.45. The van der Waals surface area contributed by atoms with Crippen LogP contribution in [0, 0.1) is 0 Å². The summed E-state index contributed by atoms with van der Waals surface area (Å²) in [4.78, 5) is 11.8. The lowest BCUT2D eigenvalue weighted by atomic mass is 10.1. The quantitative estimate of drug-likeness (QED) is 0.805. The second-order valence-corrected chi connectivity index (χ2v) is 4.82. The molecule has 1 aromatic carbocycles. The maximum absolute atomic E-state index is 11.8. The summed E-state index contributed by atoms with van der Waals surface area (Å²) >= 11 is 0. The van der Waals surface area contributed by atoms with Gasteiger partial charge in [0.05, 0.1) is 23.6 Å². The van der Waals surface area contributed by atoms with Crippen LogP contribution < -0.4 is 11.1 Å². The van der Waals surface area contributed by atoms with Gasteiger partial charge in [-0.05, 0) is 38.3 Å². The topological polar surface area (TPSA) is 64.4 Å². The van der Waals surface area contributed by atoms with Gasteiger partial charge in [0, 0.05) is 6.42 Å². The normalized spacial score (nSPS) is 22.9. The summed E-state index contributed by atoms with van der Waals surface area (Å²) in [5.41, 5.74) is 7.04. The summed E-state index contributed by atoms with van der Waals surface area (Å²) in [6, 6.07) is 7.28. The summed E-state index contributed by atoms with van der Waals surface area (Å²) in [6.45, 7) is 2.07. The minimum absolute atomic E-state index is 0.00365. The minimum Gasteiger partial charge on any atom is -0.397 e. The summed E-state index contributed by atoms with van der Waals surface area (Å²) in [5, 5.41) is 2.83. The molecule has 1 fully saturated rings. The van der Waals surface area contributed by atoms with Crippen molar-refractivity contribution in [3.05, 3.63) is 24.3 Å². The summed E-state index contributed by atoms with van der Waals surface area (Å²) in [6.07, 6.45) is 3.98. The van der Waals surface area contributed by atoms with Crippen molar-refractivity contribution in [2.45, 2.75) is 44.8 Å². The third-order valence-electron chi connectivity index (χ3n) is 3.25. The zero-order valence-electron chi connectivity index (χ0n) is 10.7. The molecule has 3 N–H and O–H groups in total. The van der Waals surface area contributed by atoms with Crippen LogP contribution in [0.5, 0.6) is 0 Å². The van der Waals surface area contributed by atoms with E-state index in [1.165, 1.54) is 0 Å². The Morgan fingerprint density at radius 1 is 1.44 bits per heavy atom. The zero-order valence-corrected chi connectivity index (χ0v) is 10.7. The van der Waals surface area contributed by atoms with Gasteiger partial charge in [0.1, 0.15) is 0 Å². The van der Waals surface area contributed by atoms with E-state index in [4.69, 9.17) is 10.5 Å². The van der Waals surface area contributed by atoms with Gasteiger partial charge >= 0.3 is 0 Å². The Morgan fingerprint density at radius 3 is 2.89 bits per heavy atom. The van der Waals surface area contributed by atoms with E-state index in [2.05, 4.69) is 12.2 Å². The van der Waals surface area contributed by atoms with E-state index in [9.17, 15) is 4.79 Å². The van der Waals surface area contributed by atoms with Gasteiger partial charge in [0.25, 0.3) is 0 Å². The highest BCUT2D eigenvalue weighted by Crippen LogP contribution is 2.23. The van der Waals surface area contributed by atoms with Crippen molar-refractivity contribution in [1.82, 2.24) is 0 Å². The van der Waals surface area contributed by atoms with E-state index in [0.717, 1.165) is 19.3 Å². The lowest BCUT2D eigenvalue weighted by Gasteiger charge is -2.11. The second kappa shape index (κ2) is 5.87. The van der Waals surface area contributed by atoms with E-state index in [1.54, 1.807) is 12.1 Å². The molecule has 1 aliphatic rings. The van der Waals surface area contributed by atoms with Crippen molar-refractivity contribution >= 4 is 17.3 Å². The van der Waals surface area contributed by atoms with Crippen molar-refractivity contribution in [2.75, 3.05) is 11.1 Å². The molecule has 0 radical (unpaired) electrons. The molecule has 1 amide bonds. The fourth-order valence-corrected chi connectivity index (χ4v) is 2.21. The van der Waals surface area contributed by atoms with E-state index < -0.39 is 0 Å². The number of carbonyl (C=O) groups is 1. The fourth-order valence-electron chi connectivity index (χ4n) is 2.21. The third kappa shape index (κ3) is 3.47. The number of ether oxygens (including phenoxy) is 1. The highest BCUT2D eigenvalue weighted by atomic mass is 16.5. The van der Waals surface area contributed by atoms with Crippen molar-refractivity contribution in [1.29, 1.82) is 0 Å². The maximum Gasteiger partial charge on any atom is 0.224 e. The first-order chi connectivity index (χ1) is 8.65. The molecule has 0 aliphatic carbocycles. The number of nitrogens with two attached hydrogens (primary N) is 1. The Morgan fingerprint density at radius 2 is 2.22 bits per heavy atom. The van der Waals surface area contributed by atoms with Crippen molar-refractivity contribution in [2.24, 2.45) is 0 Å². The largest absolute Gasteiger partial charge is 0.397 e. The van der Waals surface area contributed by atoms with Crippen molar-refractivity contribution in [3.63, 3.8) is 0 Å². The molecule has 1 saturated heterocycles. The lowest BCUT2D eigenvalue weighted by molar-refractivity contribution is -0.116. The van der Waals surface area contributed by atoms with Gasteiger partial charge in [0.15, 0.2) is 0 Å². The Labute approximate surface area is 108 Å². The summed E-state index contributed by atoms with van der Waals surface area (Å²) in [5.74, 6) is -0.00365. The van der Waals surface area contributed by atoms with Gasteiger partial charge in [-0.15, -0.1) is 0 Å². The number of hydrogen-bond acceptors (Lipinski definition) is 3. The molecule has 1 heterocycles. The number of anilines is 2. The minimum atomic E-state index is -0.00365. The Bertz CT molecular complexity index is 420. The molecule has 0 aromatic heterocycles. The van der Waals surface area contributed by atoms with Gasteiger partial charge in [-0.3, -0.25) is 4.79 Å². The van der Waals surface area contributed by atoms with E-state index in [-0.39, 0.29) is 12.0 Å². The fraction of sp³-hybridized carbons (Fsp3) is 0.500. The number of carbonyl (C=O) groups excluding carboxylic acids is 1. The molecule has 1 aromatic rings. The average Bonchev–Trinajstić information content (AvgIpc) is 2.76. The van der Waals surface area contributed by atoms with E-state index in [0.29, 0.717) is 23.9 Å². The average molecular weight is 248 g/mol. The summed E-state index contributed by atoms with van der Waals surface area (Å²) in [7, 11) is 0. The number of nitrogens with one attached hydrogen (secondary N) is 1. The van der Waals surface area contributed by atoms with Gasteiger partial charge in [-0.25, -0.2) is 0 Å². The molecule has 0 spiro atoms. The first-order valence-electron chi connectivity index (χ1n) is 6.45. The molecule has 0 bridgehead atoms. The van der Waals surface area contributed by atoms with Gasteiger partial charge in [-0.2, -0.15) is 0 Å². The van der Waals surface area contributed by atoms with Crippen LogP contribution in [-0.2, 0) is 9.53 Å². The SMILES string of the molecule is CC1CCC(CCC(=O)Nc2ccccc2N)O1. The van der Waals surface area contributed by atoms with Gasteiger partial charge < -0.3 is 15.8 Å². The molecule has 2 rings (SSSR count). The second-order valence-electron chi connectivity index (χ2n) is 4.82. The van der Waals surface area contributed by atoms with Crippen LogP contribution in [0.15, 0.2) is 24.3 Å². The van der Waals surface area contributed by atoms with Crippen molar-refractivity contribution < 1.29 is 9.53 Å². The molecular weight excluding hydrogens is 228 g/mol. The Balaban J connectivity index is 1.77. The standard InChI is InChI=1S/C14H20N2O2/c1-10-6-7-11(18-10)8-9-14(17)16-13-5-3-2-4-12(13)15/h2-5,10-11H,6-9,15H2,1H3,(H,16,17). The van der Waals surface area contributed by atoms with Crippen LogP contribution in [0.1, 0.15) is 32.6 Å². The Kier molecular flexibility index (Phi) is 4.20. The molecule has 18 heavy (non-hydrogen) atoms. The molecular formula is C14H20N2O2. The van der Waals surface area contributed by atoms with Crippen molar-refractivity contribution in [3.8, 4) is 0 Å². The number of nitrogen functional groups attached to an aromatic ring is 1. The van der Waals surface area contributed by atoms with Crippen LogP contribution in [0.3, 0.4) is 0 Å². The number of hydrogen-bond donors (Lipinski definition) is 2. The first kappa shape index (κ1) is 12.9. The Hall–Kier alpha value is -1.55. The van der Waals surface area contributed by atoms with E-state index >= 15 is 0 Å². The molecule has 98 valence electrons. The van der Waals surface area contributed by atoms with Gasteiger partial charge in [0.2, 0.25) is 5.91 Å². The molecule has 4 nitrogen and oxygen atoms in total. The predicted molar refractivity (Wildman–Crippen MR) is 72.3 cm³/mol. The van der Waals surface area contributed by atoms with Crippen LogP contribution in [0.4, 0.5) is 11.4 Å². The van der Waals surface area contributed by atoms with Crippen LogP contribution in [0.25, 0.3) is 0 Å². The number of para-hydroxylation sites is 2.